The van der Waals surface area contributed by atoms with Gasteiger partial charge in [-0.05, 0) is 35.5 Å². The fourth-order valence-corrected chi connectivity index (χ4v) is 2.52. The maximum absolute atomic E-state index is 14.3. The van der Waals surface area contributed by atoms with E-state index in [-0.39, 0.29) is 11.9 Å². The Morgan fingerprint density at radius 1 is 1.42 bits per heavy atom. The first kappa shape index (κ1) is 14.2. The molecule has 0 saturated carbocycles. The topological polar surface area (TPSA) is 29.9 Å². The first-order valence-electron chi connectivity index (χ1n) is 6.37. The second-order valence-electron chi connectivity index (χ2n) is 4.21. The summed E-state index contributed by atoms with van der Waals surface area (Å²) in [4.78, 5) is 4.37. The maximum Gasteiger partial charge on any atom is 0.142 e. The van der Waals surface area contributed by atoms with Gasteiger partial charge >= 0.3 is 0 Å². The Kier molecular flexibility index (Phi) is 4.71. The summed E-state index contributed by atoms with van der Waals surface area (Å²) in [5.74, 6) is 0.598. The van der Waals surface area contributed by atoms with Gasteiger partial charge in [0.1, 0.15) is 11.6 Å². The Labute approximate surface area is 121 Å². The van der Waals surface area contributed by atoms with Crippen LogP contribution in [0.3, 0.4) is 0 Å². The zero-order valence-corrected chi connectivity index (χ0v) is 12.6. The molecule has 1 atom stereocenters. The van der Waals surface area contributed by atoms with Crippen molar-refractivity contribution in [1.29, 1.82) is 0 Å². The minimum Gasteiger partial charge on any atom is -0.334 e. The van der Waals surface area contributed by atoms with Crippen LogP contribution in [-0.2, 0) is 6.54 Å². The molecule has 3 nitrogen and oxygen atoms in total. The Morgan fingerprint density at radius 2 is 2.21 bits per heavy atom. The standard InChI is InChI=1S/C14H17BrFN3/c1-3-17-13(14-18-8-9-19(14)4-2)10-6-5-7-11(15)12(10)16/h5-9,13,17H,3-4H2,1-2H3. The number of benzene rings is 1. The normalized spacial score (nSPS) is 12.6. The van der Waals surface area contributed by atoms with Crippen molar-refractivity contribution < 1.29 is 4.39 Å². The van der Waals surface area contributed by atoms with E-state index in [0.717, 1.165) is 18.9 Å². The predicted octanol–water partition coefficient (Wildman–Crippen LogP) is 3.50. The molecule has 2 rings (SSSR count). The number of nitrogens with one attached hydrogen (secondary N) is 1. The molecule has 5 heteroatoms. The lowest BCUT2D eigenvalue weighted by atomic mass is 10.1. The molecule has 0 bridgehead atoms. The van der Waals surface area contributed by atoms with E-state index < -0.39 is 0 Å². The zero-order chi connectivity index (χ0) is 13.8. The number of nitrogens with zero attached hydrogens (tertiary/aromatic N) is 2. The highest BCUT2D eigenvalue weighted by Gasteiger charge is 2.22. The molecule has 0 aliphatic carbocycles. The summed E-state index contributed by atoms with van der Waals surface area (Å²) in [6, 6.07) is 5.10. The van der Waals surface area contributed by atoms with Crippen molar-refractivity contribution in [3.8, 4) is 0 Å². The van der Waals surface area contributed by atoms with Gasteiger partial charge in [0.15, 0.2) is 0 Å². The van der Waals surface area contributed by atoms with Gasteiger partial charge in [0.05, 0.1) is 10.5 Å². The SMILES string of the molecule is CCNC(c1cccc(Br)c1F)c1nccn1CC. The smallest absolute Gasteiger partial charge is 0.142 e. The third-order valence-corrected chi connectivity index (χ3v) is 3.66. The molecule has 1 heterocycles. The Bertz CT molecular complexity index is 553. The summed E-state index contributed by atoms with van der Waals surface area (Å²) >= 11 is 3.23. The second kappa shape index (κ2) is 6.30. The number of imidazole rings is 1. The van der Waals surface area contributed by atoms with Crippen molar-refractivity contribution in [2.24, 2.45) is 0 Å². The van der Waals surface area contributed by atoms with E-state index in [1.54, 1.807) is 18.3 Å². The molecule has 0 spiro atoms. The van der Waals surface area contributed by atoms with E-state index in [0.29, 0.717) is 10.0 Å². The number of aromatic nitrogens is 2. The van der Waals surface area contributed by atoms with Gasteiger partial charge in [-0.1, -0.05) is 19.1 Å². The molecule has 0 amide bonds. The van der Waals surface area contributed by atoms with Gasteiger partial charge in [-0.15, -0.1) is 0 Å². The highest BCUT2D eigenvalue weighted by Crippen LogP contribution is 2.27. The molecule has 0 fully saturated rings. The van der Waals surface area contributed by atoms with Crippen LogP contribution in [0, 0.1) is 5.82 Å². The molecule has 0 aliphatic rings. The zero-order valence-electron chi connectivity index (χ0n) is 11.0. The maximum atomic E-state index is 14.3. The summed E-state index contributed by atoms with van der Waals surface area (Å²) in [6.07, 6.45) is 3.66. The molecule has 0 saturated heterocycles. The molecule has 0 radical (unpaired) electrons. The average molecular weight is 326 g/mol. The summed E-state index contributed by atoms with van der Waals surface area (Å²) in [7, 11) is 0. The second-order valence-corrected chi connectivity index (χ2v) is 5.06. The molecule has 19 heavy (non-hydrogen) atoms. The van der Waals surface area contributed by atoms with Crippen LogP contribution >= 0.6 is 15.9 Å². The molecule has 1 N–H and O–H groups in total. The van der Waals surface area contributed by atoms with Gasteiger partial charge < -0.3 is 9.88 Å². The average Bonchev–Trinajstić information content (AvgIpc) is 2.88. The number of hydrogen-bond acceptors (Lipinski definition) is 2. The highest BCUT2D eigenvalue weighted by molar-refractivity contribution is 9.10. The van der Waals surface area contributed by atoms with Gasteiger partial charge in [-0.2, -0.15) is 0 Å². The summed E-state index contributed by atoms with van der Waals surface area (Å²) < 4.78 is 16.8. The third kappa shape index (κ3) is 2.87. The van der Waals surface area contributed by atoms with E-state index in [4.69, 9.17) is 0 Å². The molecular formula is C14H17BrFN3. The largest absolute Gasteiger partial charge is 0.334 e. The minimum absolute atomic E-state index is 0.237. The van der Waals surface area contributed by atoms with Crippen molar-refractivity contribution in [2.45, 2.75) is 26.4 Å². The van der Waals surface area contributed by atoms with Gasteiger partial charge in [-0.25, -0.2) is 9.37 Å². The first-order valence-corrected chi connectivity index (χ1v) is 7.16. The van der Waals surface area contributed by atoms with E-state index in [1.807, 2.05) is 30.7 Å². The molecule has 1 unspecified atom stereocenters. The van der Waals surface area contributed by atoms with Crippen LogP contribution < -0.4 is 5.32 Å². The van der Waals surface area contributed by atoms with Crippen LogP contribution in [0.1, 0.15) is 31.3 Å². The number of rotatable bonds is 5. The van der Waals surface area contributed by atoms with Crippen LogP contribution in [0.25, 0.3) is 0 Å². The molecule has 2 aromatic rings. The van der Waals surface area contributed by atoms with Crippen molar-refractivity contribution in [1.82, 2.24) is 14.9 Å². The lowest BCUT2D eigenvalue weighted by molar-refractivity contribution is 0.520. The molecular weight excluding hydrogens is 309 g/mol. The van der Waals surface area contributed by atoms with Gasteiger partial charge in [-0.3, -0.25) is 0 Å². The Hall–Kier alpha value is -1.20. The van der Waals surface area contributed by atoms with Crippen molar-refractivity contribution >= 4 is 15.9 Å². The third-order valence-electron chi connectivity index (χ3n) is 3.05. The lowest BCUT2D eigenvalue weighted by Gasteiger charge is -2.20. The predicted molar refractivity (Wildman–Crippen MR) is 77.5 cm³/mol. The monoisotopic (exact) mass is 325 g/mol. The van der Waals surface area contributed by atoms with Crippen LogP contribution in [0.15, 0.2) is 35.1 Å². The number of hydrogen-bond donors (Lipinski definition) is 1. The van der Waals surface area contributed by atoms with E-state index in [1.165, 1.54) is 0 Å². The van der Waals surface area contributed by atoms with Gasteiger partial charge in [0, 0.05) is 24.5 Å². The molecule has 1 aromatic heterocycles. The van der Waals surface area contributed by atoms with Gasteiger partial charge in [0.2, 0.25) is 0 Å². The first-order chi connectivity index (χ1) is 9.19. The minimum atomic E-state index is -0.238. The number of halogens is 2. The summed E-state index contributed by atoms with van der Waals surface area (Å²) in [6.45, 7) is 5.60. The van der Waals surface area contributed by atoms with Gasteiger partial charge in [0.25, 0.3) is 0 Å². The summed E-state index contributed by atoms with van der Waals surface area (Å²) in [5, 5.41) is 3.30. The van der Waals surface area contributed by atoms with Crippen molar-refractivity contribution in [3.63, 3.8) is 0 Å². The van der Waals surface area contributed by atoms with Crippen molar-refractivity contribution in [3.05, 3.63) is 52.3 Å². The highest BCUT2D eigenvalue weighted by atomic mass is 79.9. The lowest BCUT2D eigenvalue weighted by Crippen LogP contribution is -2.26. The Morgan fingerprint density at radius 3 is 2.89 bits per heavy atom. The fraction of sp³-hybridized carbons (Fsp3) is 0.357. The van der Waals surface area contributed by atoms with E-state index >= 15 is 0 Å². The quantitative estimate of drug-likeness (QED) is 0.911. The summed E-state index contributed by atoms with van der Waals surface area (Å²) in [5.41, 5.74) is 0.608. The van der Waals surface area contributed by atoms with Crippen LogP contribution in [0.4, 0.5) is 4.39 Å². The number of aryl methyl sites for hydroxylation is 1. The van der Waals surface area contributed by atoms with Crippen LogP contribution in [0.5, 0.6) is 0 Å². The van der Waals surface area contributed by atoms with Crippen LogP contribution in [-0.4, -0.2) is 16.1 Å². The molecule has 0 aliphatic heterocycles. The fourth-order valence-electron chi connectivity index (χ4n) is 2.14. The van der Waals surface area contributed by atoms with E-state index in [9.17, 15) is 4.39 Å². The van der Waals surface area contributed by atoms with E-state index in [2.05, 4.69) is 26.2 Å². The molecule has 1 aromatic carbocycles. The Balaban J connectivity index is 2.48. The van der Waals surface area contributed by atoms with Crippen LogP contribution in [0.2, 0.25) is 0 Å². The van der Waals surface area contributed by atoms with Crippen molar-refractivity contribution in [2.75, 3.05) is 6.54 Å². The molecule has 102 valence electrons.